The zero-order chi connectivity index (χ0) is 19.4. The van der Waals surface area contributed by atoms with Crippen molar-refractivity contribution in [2.45, 2.75) is 52.4 Å². The van der Waals surface area contributed by atoms with Crippen LogP contribution in [0.2, 0.25) is 0 Å². The Morgan fingerprint density at radius 2 is 1.93 bits per heavy atom. The first kappa shape index (κ1) is 19.3. The summed E-state index contributed by atoms with van der Waals surface area (Å²) < 4.78 is 0. The van der Waals surface area contributed by atoms with Gasteiger partial charge in [-0.15, -0.1) is 0 Å². The molecule has 0 aromatic heterocycles. The van der Waals surface area contributed by atoms with Gasteiger partial charge in [-0.25, -0.2) is 0 Å². The van der Waals surface area contributed by atoms with Crippen LogP contribution in [0.4, 0.5) is 5.69 Å². The molecule has 0 saturated carbocycles. The highest BCUT2D eigenvalue weighted by molar-refractivity contribution is 6.07. The highest BCUT2D eigenvalue weighted by Crippen LogP contribution is 2.34. The van der Waals surface area contributed by atoms with Gasteiger partial charge in [-0.3, -0.25) is 14.6 Å². The van der Waals surface area contributed by atoms with E-state index in [1.54, 1.807) is 0 Å². The summed E-state index contributed by atoms with van der Waals surface area (Å²) in [6.45, 7) is 5.86. The Morgan fingerprint density at radius 1 is 1.19 bits per heavy atom. The van der Waals surface area contributed by atoms with Crippen molar-refractivity contribution in [1.82, 2.24) is 4.90 Å². The average Bonchev–Trinajstić information content (AvgIpc) is 3.14. The maximum Gasteiger partial charge on any atom is 0.253 e. The number of fused-ring (bicyclic) bond motifs is 1. The number of amides is 2. The van der Waals surface area contributed by atoms with E-state index in [-0.39, 0.29) is 17.7 Å². The van der Waals surface area contributed by atoms with E-state index in [1.165, 1.54) is 0 Å². The molecule has 2 N–H and O–H groups in total. The molecule has 0 radical (unpaired) electrons. The van der Waals surface area contributed by atoms with E-state index in [0.717, 1.165) is 68.6 Å². The van der Waals surface area contributed by atoms with Gasteiger partial charge in [0.25, 0.3) is 5.91 Å². The number of rotatable bonds is 6. The van der Waals surface area contributed by atoms with Crippen molar-refractivity contribution in [1.29, 1.82) is 0 Å². The third kappa shape index (κ3) is 4.12. The number of carbonyl (C=O) groups is 2. The standard InChI is InChI=1S/C22H29N3O2/c1-3-7-17-18(21(23)26)13-15-9-10-16(22(27)25-11-5-6-12-25)14-20(15)24-19(17)8-4-2/h9-10,13-14,17H,3-8,11-12H2,1-2H3,(H2,23,26). The van der Waals surface area contributed by atoms with Crippen LogP contribution in [0, 0.1) is 5.92 Å². The summed E-state index contributed by atoms with van der Waals surface area (Å²) in [5, 5.41) is 0. The third-order valence-electron chi connectivity index (χ3n) is 5.39. The van der Waals surface area contributed by atoms with Crippen molar-refractivity contribution in [3.05, 3.63) is 34.9 Å². The van der Waals surface area contributed by atoms with Crippen molar-refractivity contribution < 1.29 is 9.59 Å². The molecule has 1 unspecified atom stereocenters. The van der Waals surface area contributed by atoms with E-state index >= 15 is 0 Å². The van der Waals surface area contributed by atoms with Crippen molar-refractivity contribution >= 4 is 29.3 Å². The zero-order valence-electron chi connectivity index (χ0n) is 16.3. The molecule has 2 heterocycles. The summed E-state index contributed by atoms with van der Waals surface area (Å²) in [6.07, 6.45) is 7.58. The molecule has 1 aromatic rings. The maximum atomic E-state index is 12.8. The SMILES string of the molecule is CCCC1=Nc2cc(C(=O)N3CCCC3)ccc2C=C(C(N)=O)C1CCC. The summed E-state index contributed by atoms with van der Waals surface area (Å²) in [5.74, 6) is -0.365. The normalized spacial score (nSPS) is 19.2. The molecule has 144 valence electrons. The Hall–Kier alpha value is -2.43. The smallest absolute Gasteiger partial charge is 0.253 e. The lowest BCUT2D eigenvalue weighted by Crippen LogP contribution is -2.27. The van der Waals surface area contributed by atoms with Gasteiger partial charge in [-0.1, -0.05) is 32.8 Å². The third-order valence-corrected chi connectivity index (χ3v) is 5.39. The molecular weight excluding hydrogens is 338 g/mol. The fourth-order valence-corrected chi connectivity index (χ4v) is 4.02. The molecule has 0 bridgehead atoms. The van der Waals surface area contributed by atoms with E-state index < -0.39 is 0 Å². The predicted molar refractivity (Wildman–Crippen MR) is 109 cm³/mol. The second-order valence-electron chi connectivity index (χ2n) is 7.43. The van der Waals surface area contributed by atoms with Crippen LogP contribution in [0.1, 0.15) is 68.3 Å². The van der Waals surface area contributed by atoms with Crippen LogP contribution in [0.15, 0.2) is 28.8 Å². The quantitative estimate of drug-likeness (QED) is 0.822. The lowest BCUT2D eigenvalue weighted by Gasteiger charge is -2.18. The molecule has 0 aliphatic carbocycles. The number of carbonyl (C=O) groups excluding carboxylic acids is 2. The Labute approximate surface area is 161 Å². The van der Waals surface area contributed by atoms with E-state index in [9.17, 15) is 9.59 Å². The van der Waals surface area contributed by atoms with Gasteiger partial charge in [0, 0.05) is 41.4 Å². The topological polar surface area (TPSA) is 75.8 Å². The Morgan fingerprint density at radius 3 is 2.56 bits per heavy atom. The van der Waals surface area contributed by atoms with Crippen LogP contribution in [0.5, 0.6) is 0 Å². The van der Waals surface area contributed by atoms with E-state index in [1.807, 2.05) is 29.2 Å². The number of nitrogens with zero attached hydrogens (tertiary/aromatic N) is 2. The summed E-state index contributed by atoms with van der Waals surface area (Å²) in [4.78, 5) is 31.7. The largest absolute Gasteiger partial charge is 0.366 e. The summed E-state index contributed by atoms with van der Waals surface area (Å²) in [5.41, 5.74) is 9.62. The van der Waals surface area contributed by atoms with Gasteiger partial charge in [0.05, 0.1) is 5.69 Å². The maximum absolute atomic E-state index is 12.8. The number of primary amides is 1. The molecule has 2 amide bonds. The van der Waals surface area contributed by atoms with Gasteiger partial charge in [0.15, 0.2) is 0 Å². The first-order valence-electron chi connectivity index (χ1n) is 10.1. The van der Waals surface area contributed by atoms with Crippen molar-refractivity contribution in [3.8, 4) is 0 Å². The fraction of sp³-hybridized carbons (Fsp3) is 0.500. The lowest BCUT2D eigenvalue weighted by molar-refractivity contribution is -0.114. The van der Waals surface area contributed by atoms with Crippen molar-refractivity contribution in [3.63, 3.8) is 0 Å². The van der Waals surface area contributed by atoms with Crippen LogP contribution in [-0.4, -0.2) is 35.5 Å². The van der Waals surface area contributed by atoms with Crippen LogP contribution in [-0.2, 0) is 4.79 Å². The van der Waals surface area contributed by atoms with Crippen LogP contribution in [0.25, 0.3) is 6.08 Å². The van der Waals surface area contributed by atoms with Gasteiger partial charge in [0.1, 0.15) is 0 Å². The van der Waals surface area contributed by atoms with Gasteiger partial charge < -0.3 is 10.6 Å². The fourth-order valence-electron chi connectivity index (χ4n) is 4.02. The second kappa shape index (κ2) is 8.51. The minimum atomic E-state index is -0.387. The predicted octanol–water partition coefficient (Wildman–Crippen LogP) is 4.09. The van der Waals surface area contributed by atoms with E-state index in [2.05, 4.69) is 13.8 Å². The second-order valence-corrected chi connectivity index (χ2v) is 7.43. The van der Waals surface area contributed by atoms with Crippen LogP contribution in [0.3, 0.4) is 0 Å². The number of nitrogens with two attached hydrogens (primary N) is 1. The van der Waals surface area contributed by atoms with Crippen LogP contribution >= 0.6 is 0 Å². The molecule has 27 heavy (non-hydrogen) atoms. The van der Waals surface area contributed by atoms with Gasteiger partial charge >= 0.3 is 0 Å². The van der Waals surface area contributed by atoms with Gasteiger partial charge in [0.2, 0.25) is 5.91 Å². The Bertz CT molecular complexity index is 789. The number of hydrogen-bond acceptors (Lipinski definition) is 3. The molecule has 1 fully saturated rings. The molecule has 5 nitrogen and oxygen atoms in total. The van der Waals surface area contributed by atoms with E-state index in [4.69, 9.17) is 10.7 Å². The minimum Gasteiger partial charge on any atom is -0.366 e. The van der Waals surface area contributed by atoms with Gasteiger partial charge in [-0.05, 0) is 43.9 Å². The Kier molecular flexibility index (Phi) is 6.09. The molecule has 0 spiro atoms. The summed E-state index contributed by atoms with van der Waals surface area (Å²) in [6, 6.07) is 5.60. The van der Waals surface area contributed by atoms with Crippen molar-refractivity contribution in [2.24, 2.45) is 16.6 Å². The first-order valence-corrected chi connectivity index (χ1v) is 10.1. The molecular formula is C22H29N3O2. The molecule has 5 heteroatoms. The molecule has 3 rings (SSSR count). The molecule has 2 aliphatic rings. The highest BCUT2D eigenvalue weighted by atomic mass is 16.2. The number of aliphatic imine (C=N–C) groups is 1. The van der Waals surface area contributed by atoms with Crippen molar-refractivity contribution in [2.75, 3.05) is 13.1 Å². The zero-order valence-corrected chi connectivity index (χ0v) is 16.3. The van der Waals surface area contributed by atoms with Gasteiger partial charge in [-0.2, -0.15) is 0 Å². The number of benzene rings is 1. The lowest BCUT2D eigenvalue weighted by atomic mass is 9.86. The molecule has 1 saturated heterocycles. The number of likely N-dealkylation sites (tertiary alicyclic amines) is 1. The monoisotopic (exact) mass is 367 g/mol. The molecule has 2 aliphatic heterocycles. The summed E-state index contributed by atoms with van der Waals surface area (Å²) >= 11 is 0. The average molecular weight is 367 g/mol. The first-order chi connectivity index (χ1) is 13.0. The number of hydrogen-bond donors (Lipinski definition) is 1. The van der Waals surface area contributed by atoms with E-state index in [0.29, 0.717) is 11.1 Å². The van der Waals surface area contributed by atoms with Crippen LogP contribution < -0.4 is 5.73 Å². The molecule has 1 atom stereocenters. The summed E-state index contributed by atoms with van der Waals surface area (Å²) in [7, 11) is 0. The minimum absolute atomic E-state index is 0.0439. The Balaban J connectivity index is 2.05. The molecule has 1 aromatic carbocycles. The highest BCUT2D eigenvalue weighted by Gasteiger charge is 2.27.